The van der Waals surface area contributed by atoms with Crippen LogP contribution in [-0.4, -0.2) is 43.0 Å². The van der Waals surface area contributed by atoms with Gasteiger partial charge in [0.15, 0.2) is 0 Å². The molecule has 0 bridgehead atoms. The zero-order chi connectivity index (χ0) is 37.2. The first-order valence-electron chi connectivity index (χ1n) is 17.6. The maximum absolute atomic E-state index is 14.5. The van der Waals surface area contributed by atoms with Crippen molar-refractivity contribution in [2.75, 3.05) is 24.0 Å². The lowest BCUT2D eigenvalue weighted by atomic mass is 9.51. The van der Waals surface area contributed by atoms with Crippen molar-refractivity contribution in [2.45, 2.75) is 25.7 Å². The minimum absolute atomic E-state index is 0.0594. The first-order chi connectivity index (χ1) is 25.6. The van der Waals surface area contributed by atoms with Crippen molar-refractivity contribution in [2.24, 2.45) is 29.1 Å². The molecule has 4 aromatic carbocycles. The van der Waals surface area contributed by atoms with Gasteiger partial charge in [-0.15, -0.1) is 0 Å². The summed E-state index contributed by atoms with van der Waals surface area (Å²) in [5, 5.41) is 11.6. The number of benzene rings is 4. The van der Waals surface area contributed by atoms with Gasteiger partial charge in [0, 0.05) is 22.1 Å². The number of allylic oxidation sites excluding steroid dienone is 2. The lowest BCUT2D eigenvalue weighted by Gasteiger charge is -2.49. The Kier molecular flexibility index (Phi) is 8.49. The summed E-state index contributed by atoms with van der Waals surface area (Å²) in [6, 6.07) is 26.2. The predicted molar refractivity (Wildman–Crippen MR) is 202 cm³/mol. The fourth-order valence-corrected chi connectivity index (χ4v) is 9.26. The highest BCUT2D eigenvalue weighted by Crippen LogP contribution is 2.64. The Morgan fingerprint density at radius 2 is 1.53 bits per heavy atom. The molecule has 4 aliphatic rings. The summed E-state index contributed by atoms with van der Waals surface area (Å²) in [4.78, 5) is 60.0. The number of phenols is 1. The predicted octanol–water partition coefficient (Wildman–Crippen LogP) is 7.67. The molecule has 1 saturated carbocycles. The fraction of sp³-hybridized carbons (Fsp3) is 0.256. The molecule has 0 spiro atoms. The van der Waals surface area contributed by atoms with Gasteiger partial charge < -0.3 is 14.6 Å². The van der Waals surface area contributed by atoms with Crippen LogP contribution in [-0.2, 0) is 19.2 Å². The molecule has 1 N–H and O–H groups in total. The number of hydrogen-bond acceptors (Lipinski definition) is 7. The first kappa shape index (κ1) is 34.4. The van der Waals surface area contributed by atoms with Crippen molar-refractivity contribution in [3.8, 4) is 17.2 Å². The van der Waals surface area contributed by atoms with Crippen LogP contribution in [0.5, 0.6) is 17.2 Å². The van der Waals surface area contributed by atoms with Crippen molar-refractivity contribution >= 4 is 58.8 Å². The van der Waals surface area contributed by atoms with Crippen LogP contribution < -0.4 is 19.3 Å². The van der Waals surface area contributed by atoms with E-state index < -0.39 is 35.0 Å². The van der Waals surface area contributed by atoms with Crippen LogP contribution in [0, 0.1) is 29.1 Å². The summed E-state index contributed by atoms with van der Waals surface area (Å²) in [5.74, 6) is -3.52. The molecule has 3 fully saturated rings. The number of carbonyl (C=O) groups is 4. The number of fused-ring (bicyclic) bond motifs is 4. The molecule has 0 aromatic heterocycles. The van der Waals surface area contributed by atoms with Crippen LogP contribution in [0.1, 0.15) is 42.4 Å². The van der Waals surface area contributed by atoms with Crippen LogP contribution >= 0.6 is 11.6 Å². The van der Waals surface area contributed by atoms with Gasteiger partial charge in [-0.2, -0.15) is 0 Å². The number of imide groups is 2. The smallest absolute Gasteiger partial charge is 0.241 e. The van der Waals surface area contributed by atoms with Crippen molar-refractivity contribution < 1.29 is 33.8 Å². The van der Waals surface area contributed by atoms with Gasteiger partial charge in [0.25, 0.3) is 0 Å². The number of methoxy groups -OCH3 is 2. The average molecular weight is 729 g/mol. The Morgan fingerprint density at radius 1 is 0.792 bits per heavy atom. The second-order valence-electron chi connectivity index (χ2n) is 14.2. The van der Waals surface area contributed by atoms with E-state index in [0.717, 1.165) is 16.7 Å². The number of para-hydroxylation sites is 1. The maximum atomic E-state index is 14.5. The summed E-state index contributed by atoms with van der Waals surface area (Å²) in [6.45, 7) is 1.78. The lowest BCUT2D eigenvalue weighted by Crippen LogP contribution is -2.48. The van der Waals surface area contributed by atoms with E-state index in [0.29, 0.717) is 33.5 Å². The number of ether oxygens (including phenoxy) is 2. The number of halogens is 1. The molecule has 6 unspecified atom stereocenters. The van der Waals surface area contributed by atoms with Crippen molar-refractivity contribution in [1.82, 2.24) is 0 Å². The highest BCUT2D eigenvalue weighted by Gasteiger charge is 2.68. The molecule has 2 heterocycles. The van der Waals surface area contributed by atoms with Gasteiger partial charge in [-0.3, -0.25) is 24.1 Å². The number of phenolic OH excluding ortho intramolecular Hbond substituents is 1. The Hall–Kier alpha value is -5.67. The van der Waals surface area contributed by atoms with Crippen LogP contribution in [0.4, 0.5) is 11.4 Å². The van der Waals surface area contributed by atoms with E-state index in [1.165, 1.54) is 15.9 Å². The topological polar surface area (TPSA) is 113 Å². The second kappa shape index (κ2) is 13.1. The SMILES string of the molecule is COc1ccc(OC)c(C=Cc2ccc(N3C(=O)C4CC=C5C(CC6C(=O)N(c7ccccc7)C(=O)C6(C)C5c5cc(Cl)ccc5O)C4C3=O)cc2)c1. The van der Waals surface area contributed by atoms with E-state index in [2.05, 4.69) is 0 Å². The zero-order valence-electron chi connectivity index (χ0n) is 29.4. The number of carbonyl (C=O) groups excluding carboxylic acids is 4. The molecular formula is C43H37ClN2O7. The molecule has 4 aromatic rings. The quantitative estimate of drug-likeness (QED) is 0.118. The standard InChI is InChI=1S/C43H37ClN2O7/c1-43-34(40(49)46(42(43)51)27-7-5-4-6-8-27)23-32-30(38(43)33-22-26(44)13-19-35(33)47)17-18-31-37(32)41(50)45(39(31)48)28-14-10-24(11-15-28)9-12-25-21-29(52-2)16-20-36(25)53-3/h4-17,19-22,31-32,34,37-38,47H,18,23H2,1-3H3. The zero-order valence-corrected chi connectivity index (χ0v) is 30.1. The Bertz CT molecular complexity index is 2230. The van der Waals surface area contributed by atoms with Gasteiger partial charge in [-0.25, -0.2) is 4.90 Å². The molecule has 2 saturated heterocycles. The molecule has 2 aliphatic carbocycles. The summed E-state index contributed by atoms with van der Waals surface area (Å²) in [6.07, 6.45) is 6.26. The molecule has 53 heavy (non-hydrogen) atoms. The highest BCUT2D eigenvalue weighted by molar-refractivity contribution is 6.30. The summed E-state index contributed by atoms with van der Waals surface area (Å²) in [5.41, 5.74) is 2.50. The number of anilines is 2. The third-order valence-electron chi connectivity index (χ3n) is 11.6. The van der Waals surface area contributed by atoms with Gasteiger partial charge in [-0.1, -0.05) is 65.7 Å². The fourth-order valence-electron chi connectivity index (χ4n) is 9.08. The van der Waals surface area contributed by atoms with Crippen LogP contribution in [0.2, 0.25) is 5.02 Å². The van der Waals surface area contributed by atoms with Crippen molar-refractivity contribution in [3.05, 3.63) is 124 Å². The van der Waals surface area contributed by atoms with Crippen molar-refractivity contribution in [3.63, 3.8) is 0 Å². The van der Waals surface area contributed by atoms with Crippen LogP contribution in [0.3, 0.4) is 0 Å². The number of nitrogens with zero attached hydrogens (tertiary/aromatic N) is 2. The highest BCUT2D eigenvalue weighted by atomic mass is 35.5. The van der Waals surface area contributed by atoms with E-state index in [-0.39, 0.29) is 42.2 Å². The number of hydrogen-bond donors (Lipinski definition) is 1. The van der Waals surface area contributed by atoms with E-state index in [9.17, 15) is 24.3 Å². The number of aromatic hydroxyl groups is 1. The maximum Gasteiger partial charge on any atom is 0.241 e. The van der Waals surface area contributed by atoms with Crippen LogP contribution in [0.25, 0.3) is 12.2 Å². The van der Waals surface area contributed by atoms with E-state index in [4.69, 9.17) is 21.1 Å². The third kappa shape index (κ3) is 5.36. The van der Waals surface area contributed by atoms with Gasteiger partial charge in [0.1, 0.15) is 17.2 Å². The van der Waals surface area contributed by atoms with Gasteiger partial charge in [-0.05, 0) is 91.9 Å². The molecule has 9 nitrogen and oxygen atoms in total. The van der Waals surface area contributed by atoms with Gasteiger partial charge in [0.05, 0.1) is 48.8 Å². The number of amides is 4. The Morgan fingerprint density at radius 3 is 2.25 bits per heavy atom. The third-order valence-corrected chi connectivity index (χ3v) is 11.9. The Labute approximate surface area is 312 Å². The van der Waals surface area contributed by atoms with Crippen molar-refractivity contribution in [1.29, 1.82) is 0 Å². The largest absolute Gasteiger partial charge is 0.508 e. The molecule has 4 amide bonds. The molecule has 10 heteroatoms. The minimum atomic E-state index is -1.28. The van der Waals surface area contributed by atoms with E-state index in [1.54, 1.807) is 69.7 Å². The lowest BCUT2D eigenvalue weighted by molar-refractivity contribution is -0.131. The number of rotatable bonds is 7. The normalized spacial score (nSPS) is 26.4. The molecule has 0 radical (unpaired) electrons. The molecular weight excluding hydrogens is 692 g/mol. The van der Waals surface area contributed by atoms with Crippen LogP contribution in [0.15, 0.2) is 103 Å². The van der Waals surface area contributed by atoms with E-state index >= 15 is 0 Å². The summed E-state index contributed by atoms with van der Waals surface area (Å²) >= 11 is 6.48. The molecule has 6 atom stereocenters. The van der Waals surface area contributed by atoms with Gasteiger partial charge >= 0.3 is 0 Å². The minimum Gasteiger partial charge on any atom is -0.508 e. The Balaban J connectivity index is 1.14. The monoisotopic (exact) mass is 728 g/mol. The molecule has 268 valence electrons. The second-order valence-corrected chi connectivity index (χ2v) is 14.7. The summed E-state index contributed by atoms with van der Waals surface area (Å²) < 4.78 is 10.8. The first-order valence-corrected chi connectivity index (χ1v) is 17.9. The summed E-state index contributed by atoms with van der Waals surface area (Å²) in [7, 11) is 3.20. The molecule has 2 aliphatic heterocycles. The van der Waals surface area contributed by atoms with Gasteiger partial charge in [0.2, 0.25) is 23.6 Å². The average Bonchev–Trinajstić information content (AvgIpc) is 3.54. The van der Waals surface area contributed by atoms with E-state index in [1.807, 2.05) is 54.6 Å². The molecule has 8 rings (SSSR count).